The summed E-state index contributed by atoms with van der Waals surface area (Å²) in [6.45, 7) is 12.9. The van der Waals surface area contributed by atoms with Crippen molar-refractivity contribution in [3.63, 3.8) is 0 Å². The Hall–Kier alpha value is -2.22. The number of methoxy groups -OCH3 is 1. The molecule has 0 aromatic heterocycles. The van der Waals surface area contributed by atoms with Gasteiger partial charge in [0, 0.05) is 11.1 Å². The van der Waals surface area contributed by atoms with Gasteiger partial charge in [-0.05, 0) is 92.2 Å². The number of aromatic hydroxyl groups is 1. The molecule has 1 N–H and O–H groups in total. The molecule has 0 amide bonds. The highest BCUT2D eigenvalue weighted by Crippen LogP contribution is 2.30. The van der Waals surface area contributed by atoms with Crippen LogP contribution in [0.1, 0.15) is 78.4 Å². The van der Waals surface area contributed by atoms with Crippen LogP contribution in [0, 0.1) is 0 Å². The molecule has 1 aromatic carbocycles. The largest absolute Gasteiger partial charge is 0.508 e. The third-order valence-corrected chi connectivity index (χ3v) is 5.01. The van der Waals surface area contributed by atoms with Crippen LogP contribution in [-0.4, -0.2) is 12.2 Å². The Labute approximate surface area is 178 Å². The molecule has 0 fully saturated rings. The zero-order valence-corrected chi connectivity index (χ0v) is 19.6. The highest BCUT2D eigenvalue weighted by Gasteiger charge is 2.09. The molecule has 0 aliphatic carbocycles. The zero-order valence-electron chi connectivity index (χ0n) is 19.6. The van der Waals surface area contributed by atoms with Gasteiger partial charge in [0.05, 0.1) is 7.11 Å². The molecular formula is C27H40O2. The molecule has 0 saturated heterocycles. The van der Waals surface area contributed by atoms with Crippen LogP contribution in [0.2, 0.25) is 0 Å². The van der Waals surface area contributed by atoms with Crippen molar-refractivity contribution in [3.05, 3.63) is 69.9 Å². The number of rotatable bonds is 11. The third-order valence-electron chi connectivity index (χ3n) is 5.01. The van der Waals surface area contributed by atoms with Gasteiger partial charge in [0.2, 0.25) is 0 Å². The summed E-state index contributed by atoms with van der Waals surface area (Å²) in [6, 6.07) is 3.84. The van der Waals surface area contributed by atoms with Crippen LogP contribution in [0.25, 0.3) is 0 Å². The van der Waals surface area contributed by atoms with Gasteiger partial charge in [0.15, 0.2) is 0 Å². The maximum absolute atomic E-state index is 10.5. The zero-order chi connectivity index (χ0) is 21.8. The molecule has 0 bridgehead atoms. The fourth-order valence-corrected chi connectivity index (χ4v) is 3.12. The van der Waals surface area contributed by atoms with Crippen molar-refractivity contribution in [2.45, 2.75) is 80.1 Å². The Morgan fingerprint density at radius 3 is 1.69 bits per heavy atom. The Kier molecular flexibility index (Phi) is 11.2. The van der Waals surface area contributed by atoms with Crippen LogP contribution >= 0.6 is 0 Å². The van der Waals surface area contributed by atoms with E-state index in [1.807, 2.05) is 12.1 Å². The van der Waals surface area contributed by atoms with Gasteiger partial charge < -0.3 is 9.84 Å². The van der Waals surface area contributed by atoms with Gasteiger partial charge in [-0.15, -0.1) is 0 Å². The lowest BCUT2D eigenvalue weighted by molar-refractivity contribution is 0.406. The minimum atomic E-state index is 0.352. The van der Waals surface area contributed by atoms with Crippen LogP contribution in [-0.2, 0) is 12.8 Å². The normalized spacial score (nSPS) is 12.0. The van der Waals surface area contributed by atoms with Gasteiger partial charge >= 0.3 is 0 Å². The van der Waals surface area contributed by atoms with E-state index in [1.54, 1.807) is 7.11 Å². The number of benzene rings is 1. The third kappa shape index (κ3) is 10.2. The maximum atomic E-state index is 10.5. The van der Waals surface area contributed by atoms with Gasteiger partial charge in [0.1, 0.15) is 11.5 Å². The van der Waals surface area contributed by atoms with Gasteiger partial charge in [0.25, 0.3) is 0 Å². The Bertz CT molecular complexity index is 768. The minimum Gasteiger partial charge on any atom is -0.508 e. The summed E-state index contributed by atoms with van der Waals surface area (Å²) in [5, 5.41) is 10.5. The van der Waals surface area contributed by atoms with Crippen molar-refractivity contribution in [2.24, 2.45) is 0 Å². The summed E-state index contributed by atoms with van der Waals surface area (Å²) >= 11 is 0. The first-order chi connectivity index (χ1) is 13.7. The Morgan fingerprint density at radius 1 is 0.759 bits per heavy atom. The van der Waals surface area contributed by atoms with Crippen molar-refractivity contribution >= 4 is 0 Å². The number of hydrogen-bond donors (Lipinski definition) is 1. The first-order valence-corrected chi connectivity index (χ1v) is 10.7. The number of phenols is 1. The summed E-state index contributed by atoms with van der Waals surface area (Å²) in [4.78, 5) is 0. The second-order valence-corrected chi connectivity index (χ2v) is 8.44. The first-order valence-electron chi connectivity index (χ1n) is 10.7. The average molecular weight is 397 g/mol. The predicted molar refractivity (Wildman–Crippen MR) is 127 cm³/mol. The highest BCUT2D eigenvalue weighted by atomic mass is 16.5. The topological polar surface area (TPSA) is 29.5 Å². The molecule has 0 radical (unpaired) electrons. The van der Waals surface area contributed by atoms with E-state index in [4.69, 9.17) is 4.74 Å². The minimum absolute atomic E-state index is 0.352. The molecular weight excluding hydrogens is 356 g/mol. The van der Waals surface area contributed by atoms with E-state index < -0.39 is 0 Å². The van der Waals surface area contributed by atoms with Crippen LogP contribution in [0.5, 0.6) is 11.5 Å². The van der Waals surface area contributed by atoms with E-state index in [2.05, 4.69) is 65.8 Å². The fourth-order valence-electron chi connectivity index (χ4n) is 3.12. The van der Waals surface area contributed by atoms with Crippen molar-refractivity contribution < 1.29 is 9.84 Å². The quantitative estimate of drug-likeness (QED) is 0.386. The number of hydrogen-bond acceptors (Lipinski definition) is 2. The summed E-state index contributed by atoms with van der Waals surface area (Å²) < 4.78 is 5.61. The van der Waals surface area contributed by atoms with E-state index in [0.717, 1.165) is 55.4 Å². The lowest BCUT2D eigenvalue weighted by atomic mass is 10.0. The molecule has 2 nitrogen and oxygen atoms in total. The van der Waals surface area contributed by atoms with E-state index in [-0.39, 0.29) is 0 Å². The van der Waals surface area contributed by atoms with Crippen molar-refractivity contribution in [3.8, 4) is 11.5 Å². The van der Waals surface area contributed by atoms with Crippen molar-refractivity contribution in [1.82, 2.24) is 0 Å². The molecule has 0 atom stereocenters. The maximum Gasteiger partial charge on any atom is 0.122 e. The standard InChI is InChI=1S/C27H40O2/c1-20(2)10-8-12-22(5)14-16-24-19-27(29-7)25(18-26(24)28)17-15-23(6)13-9-11-21(3)4/h10-11,14-15,18-19,28H,8-9,12-13,16-17H2,1-7H3/b22-14+,23-15+. The van der Waals surface area contributed by atoms with Crippen LogP contribution in [0.15, 0.2) is 58.7 Å². The first kappa shape index (κ1) is 24.8. The summed E-state index contributed by atoms with van der Waals surface area (Å²) in [6.07, 6.45) is 14.7. The molecule has 0 spiro atoms. The SMILES string of the molecule is COc1cc(C/C=C(\C)CCC=C(C)C)c(O)cc1C/C=C(\C)CCC=C(C)C. The van der Waals surface area contributed by atoms with Crippen LogP contribution in [0.4, 0.5) is 0 Å². The lowest BCUT2D eigenvalue weighted by Gasteiger charge is -2.12. The smallest absolute Gasteiger partial charge is 0.122 e. The van der Waals surface area contributed by atoms with Crippen LogP contribution < -0.4 is 4.74 Å². The Morgan fingerprint density at radius 2 is 1.24 bits per heavy atom. The predicted octanol–water partition coefficient (Wildman–Crippen LogP) is 7.87. The van der Waals surface area contributed by atoms with Crippen molar-refractivity contribution in [1.29, 1.82) is 0 Å². The molecule has 0 aliphatic rings. The molecule has 0 heterocycles. The van der Waals surface area contributed by atoms with Gasteiger partial charge in [-0.1, -0.05) is 46.6 Å². The molecule has 29 heavy (non-hydrogen) atoms. The van der Waals surface area contributed by atoms with E-state index in [0.29, 0.717) is 5.75 Å². The molecule has 1 aromatic rings. The highest BCUT2D eigenvalue weighted by molar-refractivity contribution is 5.47. The fraction of sp³-hybridized carbons (Fsp3) is 0.481. The van der Waals surface area contributed by atoms with Crippen LogP contribution in [0.3, 0.4) is 0 Å². The van der Waals surface area contributed by atoms with Gasteiger partial charge in [-0.25, -0.2) is 0 Å². The average Bonchev–Trinajstić information content (AvgIpc) is 2.64. The second kappa shape index (κ2) is 13.1. The monoisotopic (exact) mass is 396 g/mol. The molecule has 1 rings (SSSR count). The number of ether oxygens (including phenoxy) is 1. The summed E-state index contributed by atoms with van der Waals surface area (Å²) in [5.74, 6) is 1.20. The molecule has 0 saturated carbocycles. The number of phenolic OH excluding ortho intramolecular Hbond substituents is 1. The van der Waals surface area contributed by atoms with E-state index >= 15 is 0 Å². The molecule has 0 unspecified atom stereocenters. The van der Waals surface area contributed by atoms with Crippen molar-refractivity contribution in [2.75, 3.05) is 7.11 Å². The lowest BCUT2D eigenvalue weighted by Crippen LogP contribution is -1.95. The van der Waals surface area contributed by atoms with E-state index in [9.17, 15) is 5.11 Å². The number of allylic oxidation sites excluding steroid dienone is 8. The summed E-state index contributed by atoms with van der Waals surface area (Å²) in [5.41, 5.74) is 7.37. The molecule has 0 aliphatic heterocycles. The molecule has 2 heteroatoms. The Balaban J connectivity index is 2.81. The van der Waals surface area contributed by atoms with E-state index in [1.165, 1.54) is 22.3 Å². The molecule has 160 valence electrons. The van der Waals surface area contributed by atoms with Gasteiger partial charge in [-0.3, -0.25) is 0 Å². The summed E-state index contributed by atoms with van der Waals surface area (Å²) in [7, 11) is 1.70. The van der Waals surface area contributed by atoms with Gasteiger partial charge in [-0.2, -0.15) is 0 Å². The second-order valence-electron chi connectivity index (χ2n) is 8.44.